The van der Waals surface area contributed by atoms with E-state index in [9.17, 15) is 14.0 Å². The van der Waals surface area contributed by atoms with Crippen LogP contribution < -0.4 is 9.47 Å². The zero-order valence-electron chi connectivity index (χ0n) is 19.5. The van der Waals surface area contributed by atoms with Crippen LogP contribution in [-0.4, -0.2) is 22.7 Å². The van der Waals surface area contributed by atoms with Crippen LogP contribution in [0.4, 0.5) is 9.18 Å². The van der Waals surface area contributed by atoms with Crippen LogP contribution in [0.15, 0.2) is 59.5 Å². The van der Waals surface area contributed by atoms with Crippen LogP contribution in [0.25, 0.3) is 6.08 Å². The quantitative estimate of drug-likeness (QED) is 0.188. The van der Waals surface area contributed by atoms with Crippen molar-refractivity contribution >= 4 is 63.2 Å². The third kappa shape index (κ3) is 6.04. The lowest BCUT2D eigenvalue weighted by molar-refractivity contribution is -0.123. The number of nitrogens with zero attached hydrogens (tertiary/aromatic N) is 1. The van der Waals surface area contributed by atoms with E-state index in [1.165, 1.54) is 12.1 Å². The molecule has 0 bridgehead atoms. The van der Waals surface area contributed by atoms with Crippen LogP contribution in [0.1, 0.15) is 29.2 Å². The summed E-state index contributed by atoms with van der Waals surface area (Å²) >= 11 is 9.11. The number of benzene rings is 3. The predicted octanol–water partition coefficient (Wildman–Crippen LogP) is 7.61. The summed E-state index contributed by atoms with van der Waals surface area (Å²) in [5.41, 5.74) is 3.41. The molecule has 0 atom stereocenters. The van der Waals surface area contributed by atoms with Gasteiger partial charge in [0, 0.05) is 5.02 Å². The third-order valence-corrected chi connectivity index (χ3v) is 7.54. The van der Waals surface area contributed by atoms with E-state index >= 15 is 0 Å². The average Bonchev–Trinajstić information content (AvgIpc) is 3.08. The minimum Gasteiger partial charge on any atom is -0.490 e. The second-order valence-electron chi connectivity index (χ2n) is 7.98. The summed E-state index contributed by atoms with van der Waals surface area (Å²) < 4.78 is 26.1. The van der Waals surface area contributed by atoms with Gasteiger partial charge in [-0.15, -0.1) is 0 Å². The van der Waals surface area contributed by atoms with E-state index in [-0.39, 0.29) is 16.5 Å². The number of thioether (sulfide) groups is 1. The highest BCUT2D eigenvalue weighted by atomic mass is 127. The molecule has 0 aromatic heterocycles. The van der Waals surface area contributed by atoms with Crippen molar-refractivity contribution in [2.45, 2.75) is 27.0 Å². The highest BCUT2D eigenvalue weighted by Gasteiger charge is 2.35. The number of hydrogen-bond acceptors (Lipinski definition) is 5. The van der Waals surface area contributed by atoms with Crippen molar-refractivity contribution in [2.75, 3.05) is 6.61 Å². The third-order valence-electron chi connectivity index (χ3n) is 5.48. The number of carbonyl (C=O) groups excluding carboxylic acids is 2. The fourth-order valence-corrected chi connectivity index (χ4v) is 5.45. The maximum atomic E-state index is 13.4. The Morgan fingerprint density at radius 3 is 2.58 bits per heavy atom. The molecule has 2 amide bonds. The van der Waals surface area contributed by atoms with Gasteiger partial charge in [-0.05, 0) is 101 Å². The van der Waals surface area contributed by atoms with Crippen molar-refractivity contribution in [2.24, 2.45) is 0 Å². The summed E-state index contributed by atoms with van der Waals surface area (Å²) in [5.74, 6) is 0.264. The molecule has 0 saturated carbocycles. The molecule has 0 N–H and O–H groups in total. The number of amides is 2. The van der Waals surface area contributed by atoms with Crippen molar-refractivity contribution in [3.05, 3.63) is 96.2 Å². The van der Waals surface area contributed by atoms with E-state index in [4.69, 9.17) is 21.1 Å². The van der Waals surface area contributed by atoms with Gasteiger partial charge in [0.05, 0.1) is 21.6 Å². The zero-order chi connectivity index (χ0) is 25.8. The summed E-state index contributed by atoms with van der Waals surface area (Å²) in [6.07, 6.45) is 1.66. The van der Waals surface area contributed by atoms with Gasteiger partial charge in [-0.3, -0.25) is 14.5 Å². The minimum atomic E-state index is -0.483. The molecule has 1 heterocycles. The van der Waals surface area contributed by atoms with Gasteiger partial charge in [-0.1, -0.05) is 41.9 Å². The van der Waals surface area contributed by atoms with Gasteiger partial charge in [0.15, 0.2) is 11.5 Å². The van der Waals surface area contributed by atoms with Crippen LogP contribution in [0.2, 0.25) is 5.02 Å². The van der Waals surface area contributed by atoms with Crippen LogP contribution in [-0.2, 0) is 17.9 Å². The van der Waals surface area contributed by atoms with E-state index < -0.39 is 17.0 Å². The Hall–Kier alpha value is -2.56. The molecule has 186 valence electrons. The Morgan fingerprint density at radius 1 is 1.08 bits per heavy atom. The molecular weight excluding hydrogens is 616 g/mol. The number of imide groups is 1. The summed E-state index contributed by atoms with van der Waals surface area (Å²) in [6, 6.07) is 15.6. The lowest BCUT2D eigenvalue weighted by Crippen LogP contribution is -2.27. The first kappa shape index (κ1) is 26.5. The van der Waals surface area contributed by atoms with Gasteiger partial charge < -0.3 is 9.47 Å². The molecule has 3 aromatic rings. The largest absolute Gasteiger partial charge is 0.490 e. The topological polar surface area (TPSA) is 55.8 Å². The van der Waals surface area contributed by atoms with Crippen molar-refractivity contribution < 1.29 is 23.5 Å². The highest BCUT2D eigenvalue weighted by molar-refractivity contribution is 14.1. The number of rotatable bonds is 8. The SMILES string of the molecule is CCOc1cc(/C=C2\SC(=O)N(Cc3ccc(F)cc3Cl)C2=O)cc(I)c1OCc1ccccc1C. The Balaban J connectivity index is 1.56. The van der Waals surface area contributed by atoms with Crippen LogP contribution in [0.5, 0.6) is 11.5 Å². The van der Waals surface area contributed by atoms with Crippen LogP contribution in [0, 0.1) is 16.3 Å². The summed E-state index contributed by atoms with van der Waals surface area (Å²) in [6.45, 7) is 4.72. The fourth-order valence-electron chi connectivity index (χ4n) is 3.60. The number of ether oxygens (including phenoxy) is 2. The molecule has 0 aliphatic carbocycles. The molecule has 1 aliphatic rings. The average molecular weight is 638 g/mol. The first-order valence-corrected chi connectivity index (χ1v) is 13.4. The Bertz CT molecular complexity index is 1360. The predicted molar refractivity (Wildman–Crippen MR) is 149 cm³/mol. The van der Waals surface area contributed by atoms with Crippen molar-refractivity contribution in [3.8, 4) is 11.5 Å². The smallest absolute Gasteiger partial charge is 0.293 e. The molecule has 4 rings (SSSR count). The van der Waals surface area contributed by atoms with Crippen molar-refractivity contribution in [3.63, 3.8) is 0 Å². The molecule has 9 heteroatoms. The van der Waals surface area contributed by atoms with E-state index in [0.29, 0.717) is 35.8 Å². The van der Waals surface area contributed by atoms with E-state index in [0.717, 1.165) is 37.4 Å². The highest BCUT2D eigenvalue weighted by Crippen LogP contribution is 2.38. The molecule has 3 aromatic carbocycles. The lowest BCUT2D eigenvalue weighted by atomic mass is 10.1. The minimum absolute atomic E-state index is 0.0332. The number of hydrogen-bond donors (Lipinski definition) is 0. The fraction of sp³-hybridized carbons (Fsp3) is 0.185. The zero-order valence-corrected chi connectivity index (χ0v) is 23.2. The number of halogens is 3. The second kappa shape index (κ2) is 11.7. The summed E-state index contributed by atoms with van der Waals surface area (Å²) in [7, 11) is 0. The molecule has 1 aliphatic heterocycles. The molecule has 1 fully saturated rings. The van der Waals surface area contributed by atoms with Gasteiger partial charge >= 0.3 is 0 Å². The van der Waals surface area contributed by atoms with E-state index in [1.807, 2.05) is 44.2 Å². The normalized spacial score (nSPS) is 14.6. The molecule has 0 radical (unpaired) electrons. The Morgan fingerprint density at radius 2 is 1.86 bits per heavy atom. The van der Waals surface area contributed by atoms with Gasteiger partial charge in [0.2, 0.25) is 0 Å². The van der Waals surface area contributed by atoms with E-state index in [1.54, 1.807) is 12.1 Å². The molecular formula is C27H22ClFINO4S. The molecule has 36 heavy (non-hydrogen) atoms. The summed E-state index contributed by atoms with van der Waals surface area (Å²) in [4.78, 5) is 27.0. The molecule has 5 nitrogen and oxygen atoms in total. The van der Waals surface area contributed by atoms with Crippen LogP contribution >= 0.6 is 46.0 Å². The Labute approximate surface area is 231 Å². The van der Waals surface area contributed by atoms with Gasteiger partial charge in [0.1, 0.15) is 12.4 Å². The lowest BCUT2D eigenvalue weighted by Gasteiger charge is -2.16. The van der Waals surface area contributed by atoms with Crippen LogP contribution in [0.3, 0.4) is 0 Å². The first-order chi connectivity index (χ1) is 17.3. The monoisotopic (exact) mass is 637 g/mol. The molecule has 1 saturated heterocycles. The maximum Gasteiger partial charge on any atom is 0.293 e. The standard InChI is InChI=1S/C27H22ClFINO4S/c1-3-34-23-11-17(10-22(30)25(23)35-15-19-7-5-4-6-16(19)2)12-24-26(32)31(27(33)36-24)14-18-8-9-20(29)13-21(18)28/h4-13H,3,14-15H2,1-2H3/b24-12-. The first-order valence-electron chi connectivity index (χ1n) is 11.1. The Kier molecular flexibility index (Phi) is 8.58. The molecule has 0 unspecified atom stereocenters. The van der Waals surface area contributed by atoms with Gasteiger partial charge in [-0.25, -0.2) is 4.39 Å². The van der Waals surface area contributed by atoms with Crippen molar-refractivity contribution in [1.82, 2.24) is 4.90 Å². The summed E-state index contributed by atoms with van der Waals surface area (Å²) in [5, 5.41) is -0.250. The van der Waals surface area contributed by atoms with Gasteiger partial charge in [0.25, 0.3) is 11.1 Å². The maximum absolute atomic E-state index is 13.4. The van der Waals surface area contributed by atoms with Crippen molar-refractivity contribution in [1.29, 1.82) is 0 Å². The number of carbonyl (C=O) groups is 2. The molecule has 0 spiro atoms. The van der Waals surface area contributed by atoms with Gasteiger partial charge in [-0.2, -0.15) is 0 Å². The number of aryl methyl sites for hydroxylation is 1. The van der Waals surface area contributed by atoms with E-state index in [2.05, 4.69) is 22.6 Å². The second-order valence-corrected chi connectivity index (χ2v) is 10.5.